The molecule has 1 aromatic rings. The lowest BCUT2D eigenvalue weighted by atomic mass is 10.2. The summed E-state index contributed by atoms with van der Waals surface area (Å²) in [5, 5.41) is 0. The van der Waals surface area contributed by atoms with Gasteiger partial charge in [0.25, 0.3) is 0 Å². The van der Waals surface area contributed by atoms with E-state index in [0.717, 1.165) is 11.3 Å². The molecule has 0 N–H and O–H groups in total. The summed E-state index contributed by atoms with van der Waals surface area (Å²) in [7, 11) is 0. The lowest BCUT2D eigenvalue weighted by molar-refractivity contribution is 0.556. The van der Waals surface area contributed by atoms with Crippen molar-refractivity contribution < 1.29 is 4.42 Å². The van der Waals surface area contributed by atoms with Gasteiger partial charge in [-0.1, -0.05) is 18.7 Å². The maximum absolute atomic E-state index is 5.14. The zero-order valence-corrected chi connectivity index (χ0v) is 6.00. The highest BCUT2D eigenvalue weighted by molar-refractivity contribution is 5.59. The van der Waals surface area contributed by atoms with E-state index in [0.29, 0.717) is 0 Å². The molecule has 0 radical (unpaired) electrons. The summed E-state index contributed by atoms with van der Waals surface area (Å²) in [6, 6.07) is 1.89. The molecule has 1 heterocycles. The Kier molecular flexibility index (Phi) is 2.11. The van der Waals surface area contributed by atoms with Crippen LogP contribution in [0.15, 0.2) is 29.4 Å². The van der Waals surface area contributed by atoms with Gasteiger partial charge in [0.2, 0.25) is 0 Å². The molecule has 1 nitrogen and oxygen atoms in total. The van der Waals surface area contributed by atoms with E-state index in [-0.39, 0.29) is 0 Å². The van der Waals surface area contributed by atoms with Gasteiger partial charge in [-0.3, -0.25) is 0 Å². The minimum atomic E-state index is 0.873. The van der Waals surface area contributed by atoms with E-state index in [1.54, 1.807) is 12.3 Å². The molecule has 10 heavy (non-hydrogen) atoms. The molecule has 1 heteroatoms. The standard InChI is InChI=1S/C9H10O/c1-3-5-9-8(4-2)6-7-10-9/h3-7H,2H2,1H3/b5-3-. The van der Waals surface area contributed by atoms with Crippen molar-refractivity contribution in [2.75, 3.05) is 0 Å². The molecule has 0 saturated heterocycles. The number of rotatable bonds is 2. The summed E-state index contributed by atoms with van der Waals surface area (Å²) in [6.45, 7) is 5.61. The van der Waals surface area contributed by atoms with E-state index in [9.17, 15) is 0 Å². The summed E-state index contributed by atoms with van der Waals surface area (Å²) in [6.07, 6.45) is 7.29. The molecule has 0 aliphatic heterocycles. The Hall–Kier alpha value is -1.24. The Bertz CT molecular complexity index is 243. The Labute approximate surface area is 60.7 Å². The van der Waals surface area contributed by atoms with Crippen molar-refractivity contribution in [1.29, 1.82) is 0 Å². The molecule has 0 fully saturated rings. The van der Waals surface area contributed by atoms with Crippen LogP contribution in [0, 0.1) is 0 Å². The Morgan fingerprint density at radius 3 is 3.00 bits per heavy atom. The van der Waals surface area contributed by atoms with Crippen LogP contribution in [0.25, 0.3) is 12.2 Å². The number of hydrogen-bond acceptors (Lipinski definition) is 1. The van der Waals surface area contributed by atoms with Gasteiger partial charge in [0, 0.05) is 5.56 Å². The van der Waals surface area contributed by atoms with Gasteiger partial charge in [0.1, 0.15) is 5.76 Å². The van der Waals surface area contributed by atoms with E-state index in [1.807, 2.05) is 25.1 Å². The fourth-order valence-electron chi connectivity index (χ4n) is 0.786. The molecule has 0 aliphatic rings. The molecule has 0 atom stereocenters. The average molecular weight is 134 g/mol. The number of allylic oxidation sites excluding steroid dienone is 1. The summed E-state index contributed by atoms with van der Waals surface area (Å²) in [5.41, 5.74) is 1.04. The third kappa shape index (κ3) is 1.18. The zero-order valence-electron chi connectivity index (χ0n) is 6.00. The first-order valence-corrected chi connectivity index (χ1v) is 3.21. The van der Waals surface area contributed by atoms with Gasteiger partial charge in [-0.15, -0.1) is 0 Å². The second kappa shape index (κ2) is 3.06. The van der Waals surface area contributed by atoms with Crippen LogP contribution in [0.5, 0.6) is 0 Å². The second-order valence-electron chi connectivity index (χ2n) is 1.94. The molecular weight excluding hydrogens is 124 g/mol. The van der Waals surface area contributed by atoms with Crippen LogP contribution in [-0.4, -0.2) is 0 Å². The van der Waals surface area contributed by atoms with E-state index in [2.05, 4.69) is 6.58 Å². The molecule has 0 aromatic carbocycles. The van der Waals surface area contributed by atoms with Crippen LogP contribution in [0.4, 0.5) is 0 Å². The van der Waals surface area contributed by atoms with Crippen LogP contribution < -0.4 is 0 Å². The first-order chi connectivity index (χ1) is 4.88. The van der Waals surface area contributed by atoms with Gasteiger partial charge in [0.15, 0.2) is 0 Å². The van der Waals surface area contributed by atoms with Crippen molar-refractivity contribution in [2.24, 2.45) is 0 Å². The third-order valence-electron chi connectivity index (χ3n) is 1.27. The van der Waals surface area contributed by atoms with Crippen molar-refractivity contribution >= 4 is 12.2 Å². The predicted octanol–water partition coefficient (Wildman–Crippen LogP) is 2.96. The van der Waals surface area contributed by atoms with Crippen molar-refractivity contribution in [2.45, 2.75) is 6.92 Å². The highest BCUT2D eigenvalue weighted by Crippen LogP contribution is 2.12. The maximum atomic E-state index is 5.14. The monoisotopic (exact) mass is 134 g/mol. The zero-order chi connectivity index (χ0) is 7.40. The molecule has 0 saturated carbocycles. The van der Waals surface area contributed by atoms with Crippen molar-refractivity contribution in [1.82, 2.24) is 0 Å². The minimum Gasteiger partial charge on any atom is -0.464 e. The summed E-state index contributed by atoms with van der Waals surface area (Å²) in [5.74, 6) is 0.873. The van der Waals surface area contributed by atoms with Crippen LogP contribution in [0.2, 0.25) is 0 Å². The topological polar surface area (TPSA) is 13.1 Å². The van der Waals surface area contributed by atoms with Crippen molar-refractivity contribution in [3.63, 3.8) is 0 Å². The average Bonchev–Trinajstić information content (AvgIpc) is 2.36. The largest absolute Gasteiger partial charge is 0.464 e. The van der Waals surface area contributed by atoms with E-state index < -0.39 is 0 Å². The van der Waals surface area contributed by atoms with Crippen LogP contribution >= 0.6 is 0 Å². The lowest BCUT2D eigenvalue weighted by Crippen LogP contribution is -1.67. The molecule has 1 rings (SSSR count). The summed E-state index contributed by atoms with van der Waals surface area (Å²) >= 11 is 0. The SMILES string of the molecule is C=Cc1ccoc1/C=C\C. The minimum absolute atomic E-state index is 0.873. The molecule has 1 aromatic heterocycles. The third-order valence-corrected chi connectivity index (χ3v) is 1.27. The smallest absolute Gasteiger partial charge is 0.133 e. The molecule has 52 valence electrons. The fraction of sp³-hybridized carbons (Fsp3) is 0.111. The van der Waals surface area contributed by atoms with Crippen LogP contribution in [0.3, 0.4) is 0 Å². The second-order valence-corrected chi connectivity index (χ2v) is 1.94. The maximum Gasteiger partial charge on any atom is 0.133 e. The van der Waals surface area contributed by atoms with Gasteiger partial charge in [-0.2, -0.15) is 0 Å². The fourth-order valence-corrected chi connectivity index (χ4v) is 0.786. The molecule has 0 unspecified atom stereocenters. The highest BCUT2D eigenvalue weighted by atomic mass is 16.3. The molecule has 0 amide bonds. The first kappa shape index (κ1) is 6.87. The van der Waals surface area contributed by atoms with Crippen molar-refractivity contribution in [3.05, 3.63) is 36.3 Å². The highest BCUT2D eigenvalue weighted by Gasteiger charge is 1.95. The van der Waals surface area contributed by atoms with Gasteiger partial charge in [-0.25, -0.2) is 0 Å². The van der Waals surface area contributed by atoms with E-state index in [1.165, 1.54) is 0 Å². The van der Waals surface area contributed by atoms with Crippen LogP contribution in [-0.2, 0) is 0 Å². The van der Waals surface area contributed by atoms with Gasteiger partial charge in [-0.05, 0) is 19.1 Å². The summed E-state index contributed by atoms with van der Waals surface area (Å²) in [4.78, 5) is 0. The van der Waals surface area contributed by atoms with Gasteiger partial charge >= 0.3 is 0 Å². The molecule has 0 bridgehead atoms. The molecule has 0 spiro atoms. The molecule has 0 aliphatic carbocycles. The Morgan fingerprint density at radius 1 is 1.60 bits per heavy atom. The predicted molar refractivity (Wildman–Crippen MR) is 43.5 cm³/mol. The normalized spacial score (nSPS) is 10.5. The summed E-state index contributed by atoms with van der Waals surface area (Å²) < 4.78 is 5.14. The quantitative estimate of drug-likeness (QED) is 0.606. The lowest BCUT2D eigenvalue weighted by Gasteiger charge is -1.85. The van der Waals surface area contributed by atoms with E-state index in [4.69, 9.17) is 4.42 Å². The Morgan fingerprint density at radius 2 is 2.40 bits per heavy atom. The Balaban J connectivity index is 3.00. The number of hydrogen-bond donors (Lipinski definition) is 0. The number of furan rings is 1. The van der Waals surface area contributed by atoms with Gasteiger partial charge < -0.3 is 4.42 Å². The van der Waals surface area contributed by atoms with Crippen molar-refractivity contribution in [3.8, 4) is 0 Å². The first-order valence-electron chi connectivity index (χ1n) is 3.21. The van der Waals surface area contributed by atoms with E-state index >= 15 is 0 Å². The van der Waals surface area contributed by atoms with Gasteiger partial charge in [0.05, 0.1) is 6.26 Å². The molecular formula is C9H10O. The van der Waals surface area contributed by atoms with Crippen LogP contribution in [0.1, 0.15) is 18.2 Å².